The van der Waals surface area contributed by atoms with Gasteiger partial charge in [-0.3, -0.25) is 4.98 Å². The highest BCUT2D eigenvalue weighted by Crippen LogP contribution is 2.32. The van der Waals surface area contributed by atoms with Crippen LogP contribution in [0.3, 0.4) is 0 Å². The quantitative estimate of drug-likeness (QED) is 0.878. The van der Waals surface area contributed by atoms with Crippen LogP contribution in [0.25, 0.3) is 10.9 Å². The Morgan fingerprint density at radius 1 is 1.32 bits per heavy atom. The Hall–Kier alpha value is -2.51. The van der Waals surface area contributed by atoms with E-state index in [1.54, 1.807) is 0 Å². The summed E-state index contributed by atoms with van der Waals surface area (Å²) in [6.45, 7) is 0. The lowest BCUT2D eigenvalue weighted by molar-refractivity contribution is -0.274. The first kappa shape index (κ1) is 12.9. The van der Waals surface area contributed by atoms with Crippen molar-refractivity contribution in [2.45, 2.75) is 6.36 Å². The maximum absolute atomic E-state index is 12.1. The Labute approximate surface area is 103 Å². The molecule has 0 saturated carbocycles. The van der Waals surface area contributed by atoms with E-state index in [0.717, 1.165) is 18.3 Å². The Balaban J connectivity index is 2.57. The summed E-state index contributed by atoms with van der Waals surface area (Å²) in [7, 11) is 0. The Morgan fingerprint density at radius 2 is 2.00 bits per heavy atom. The Morgan fingerprint density at radius 3 is 2.58 bits per heavy atom. The van der Waals surface area contributed by atoms with Crippen molar-refractivity contribution in [1.29, 1.82) is 0 Å². The van der Waals surface area contributed by atoms with Crippen LogP contribution in [0.15, 0.2) is 24.4 Å². The fraction of sp³-hybridized carbons (Fsp3) is 0.0909. The number of aromatic carboxylic acids is 1. The second-order valence-corrected chi connectivity index (χ2v) is 3.55. The van der Waals surface area contributed by atoms with Crippen LogP contribution in [0.2, 0.25) is 0 Å². The minimum absolute atomic E-state index is 0.137. The maximum atomic E-state index is 12.1. The molecule has 0 spiro atoms. The fourth-order valence-corrected chi connectivity index (χ4v) is 1.51. The number of aromatic nitrogens is 1. The molecule has 0 amide bonds. The van der Waals surface area contributed by atoms with Crippen molar-refractivity contribution in [2.24, 2.45) is 0 Å². The number of carbonyl (C=O) groups is 1. The molecule has 0 aliphatic rings. The largest absolute Gasteiger partial charge is 0.573 e. The summed E-state index contributed by atoms with van der Waals surface area (Å²) in [5, 5.41) is 18.3. The van der Waals surface area contributed by atoms with E-state index < -0.39 is 29.4 Å². The molecule has 0 atom stereocenters. The molecule has 0 aliphatic carbocycles. The van der Waals surface area contributed by atoms with Gasteiger partial charge in [0, 0.05) is 11.6 Å². The molecule has 2 aromatic rings. The molecule has 1 heterocycles. The zero-order chi connectivity index (χ0) is 14.2. The first-order valence-electron chi connectivity index (χ1n) is 4.89. The predicted molar refractivity (Wildman–Crippen MR) is 57.1 cm³/mol. The number of nitrogens with zero attached hydrogens (tertiary/aromatic N) is 1. The molecule has 1 aromatic heterocycles. The molecule has 0 unspecified atom stereocenters. The zero-order valence-electron chi connectivity index (χ0n) is 9.10. The van der Waals surface area contributed by atoms with E-state index in [1.807, 2.05) is 0 Å². The van der Waals surface area contributed by atoms with Gasteiger partial charge >= 0.3 is 12.3 Å². The van der Waals surface area contributed by atoms with Crippen molar-refractivity contribution in [3.63, 3.8) is 0 Å². The number of fused-ring (bicyclic) bond motifs is 1. The van der Waals surface area contributed by atoms with E-state index in [-0.39, 0.29) is 10.9 Å². The minimum Gasteiger partial charge on any atom is -0.506 e. The van der Waals surface area contributed by atoms with Crippen LogP contribution in [-0.4, -0.2) is 27.5 Å². The lowest BCUT2D eigenvalue weighted by Crippen LogP contribution is -2.17. The number of rotatable bonds is 2. The molecular weight excluding hydrogens is 267 g/mol. The van der Waals surface area contributed by atoms with Gasteiger partial charge in [0.25, 0.3) is 0 Å². The fourth-order valence-electron chi connectivity index (χ4n) is 1.51. The van der Waals surface area contributed by atoms with Crippen molar-refractivity contribution in [2.75, 3.05) is 0 Å². The maximum Gasteiger partial charge on any atom is 0.573 e. The van der Waals surface area contributed by atoms with Crippen molar-refractivity contribution >= 4 is 16.9 Å². The molecule has 0 aliphatic heterocycles. The van der Waals surface area contributed by atoms with Crippen molar-refractivity contribution < 1.29 is 32.9 Å². The standard InChI is InChI=1S/C11H6F3NO4/c12-11(13,14)19-5-1-2-8-6(3-5)9(16)7(4-15-8)10(17)18/h1-4H,(H,15,16)(H,17,18). The lowest BCUT2D eigenvalue weighted by atomic mass is 10.1. The van der Waals surface area contributed by atoms with E-state index >= 15 is 0 Å². The van der Waals surface area contributed by atoms with Gasteiger partial charge < -0.3 is 14.9 Å². The van der Waals surface area contributed by atoms with Gasteiger partial charge in [-0.2, -0.15) is 0 Å². The van der Waals surface area contributed by atoms with E-state index in [0.29, 0.717) is 0 Å². The van der Waals surface area contributed by atoms with Gasteiger partial charge in [-0.15, -0.1) is 13.2 Å². The molecule has 100 valence electrons. The second kappa shape index (κ2) is 4.30. The predicted octanol–water partition coefficient (Wildman–Crippen LogP) is 2.54. The third kappa shape index (κ3) is 2.67. The summed E-state index contributed by atoms with van der Waals surface area (Å²) in [5.74, 6) is -2.67. The zero-order valence-corrected chi connectivity index (χ0v) is 9.10. The summed E-state index contributed by atoms with van der Waals surface area (Å²) in [4.78, 5) is 14.5. The van der Waals surface area contributed by atoms with Gasteiger partial charge in [0.2, 0.25) is 0 Å². The average Bonchev–Trinajstić information content (AvgIpc) is 2.27. The number of hydrogen-bond donors (Lipinski definition) is 2. The Kier molecular flexibility index (Phi) is 2.93. The van der Waals surface area contributed by atoms with Gasteiger partial charge in [0.15, 0.2) is 0 Å². The SMILES string of the molecule is O=C(O)c1cnc2ccc(OC(F)(F)F)cc2c1O. The van der Waals surface area contributed by atoms with Crippen molar-refractivity contribution in [1.82, 2.24) is 4.98 Å². The third-order valence-corrected chi connectivity index (χ3v) is 2.27. The second-order valence-electron chi connectivity index (χ2n) is 3.55. The molecule has 1 aromatic carbocycles. The number of carboxylic acid groups (broad SMARTS) is 1. The highest BCUT2D eigenvalue weighted by molar-refractivity contribution is 5.98. The van der Waals surface area contributed by atoms with Gasteiger partial charge in [0.1, 0.15) is 17.1 Å². The topological polar surface area (TPSA) is 79.7 Å². The minimum atomic E-state index is -4.87. The molecule has 5 nitrogen and oxygen atoms in total. The third-order valence-electron chi connectivity index (χ3n) is 2.27. The summed E-state index contributed by atoms with van der Waals surface area (Å²) in [6, 6.07) is 3.07. The van der Waals surface area contributed by atoms with E-state index in [9.17, 15) is 23.1 Å². The number of benzene rings is 1. The van der Waals surface area contributed by atoms with E-state index in [2.05, 4.69) is 9.72 Å². The molecular formula is C11H6F3NO4. The molecule has 0 radical (unpaired) electrons. The van der Waals surface area contributed by atoms with Gasteiger partial charge in [0.05, 0.1) is 5.52 Å². The number of aromatic hydroxyl groups is 1. The number of ether oxygens (including phenoxy) is 1. The average molecular weight is 273 g/mol. The van der Waals surface area contributed by atoms with Crippen molar-refractivity contribution in [3.05, 3.63) is 30.0 Å². The molecule has 2 rings (SSSR count). The first-order chi connectivity index (χ1) is 8.78. The van der Waals surface area contributed by atoms with Crippen LogP contribution in [0.4, 0.5) is 13.2 Å². The summed E-state index contributed by atoms with van der Waals surface area (Å²) in [5.41, 5.74) is -0.353. The molecule has 0 bridgehead atoms. The summed E-state index contributed by atoms with van der Waals surface area (Å²) >= 11 is 0. The van der Waals surface area contributed by atoms with Crippen LogP contribution in [0.5, 0.6) is 11.5 Å². The highest BCUT2D eigenvalue weighted by Gasteiger charge is 2.31. The highest BCUT2D eigenvalue weighted by atomic mass is 19.4. The van der Waals surface area contributed by atoms with Crippen molar-refractivity contribution in [3.8, 4) is 11.5 Å². The van der Waals surface area contributed by atoms with Gasteiger partial charge in [-0.05, 0) is 18.2 Å². The molecule has 0 fully saturated rings. The molecule has 0 saturated heterocycles. The van der Waals surface area contributed by atoms with Crippen LogP contribution < -0.4 is 4.74 Å². The van der Waals surface area contributed by atoms with Crippen LogP contribution in [0, 0.1) is 0 Å². The van der Waals surface area contributed by atoms with E-state index in [4.69, 9.17) is 5.11 Å². The molecule has 8 heteroatoms. The molecule has 2 N–H and O–H groups in total. The number of hydrogen-bond acceptors (Lipinski definition) is 4. The summed E-state index contributed by atoms with van der Waals surface area (Å²) < 4.78 is 39.8. The number of alkyl halides is 3. The first-order valence-corrected chi connectivity index (χ1v) is 4.89. The number of halogens is 3. The normalized spacial score (nSPS) is 11.5. The van der Waals surface area contributed by atoms with E-state index in [1.165, 1.54) is 6.07 Å². The smallest absolute Gasteiger partial charge is 0.506 e. The number of pyridine rings is 1. The van der Waals surface area contributed by atoms with Gasteiger partial charge in [-0.25, -0.2) is 4.79 Å². The van der Waals surface area contributed by atoms with Gasteiger partial charge in [-0.1, -0.05) is 0 Å². The van der Waals surface area contributed by atoms with Crippen LogP contribution >= 0.6 is 0 Å². The Bertz CT molecular complexity index is 654. The lowest BCUT2D eigenvalue weighted by Gasteiger charge is -2.10. The van der Waals surface area contributed by atoms with Crippen LogP contribution in [0.1, 0.15) is 10.4 Å². The molecule has 19 heavy (non-hydrogen) atoms. The summed E-state index contributed by atoms with van der Waals surface area (Å²) in [6.07, 6.45) is -3.95. The van der Waals surface area contributed by atoms with Crippen LogP contribution in [-0.2, 0) is 0 Å². The monoisotopic (exact) mass is 273 g/mol. The number of carboxylic acids is 1.